The lowest BCUT2D eigenvalue weighted by Gasteiger charge is -2.19. The van der Waals surface area contributed by atoms with Crippen LogP contribution in [0.25, 0.3) is 11.0 Å². The van der Waals surface area contributed by atoms with Crippen molar-refractivity contribution in [3.05, 3.63) is 30.1 Å². The van der Waals surface area contributed by atoms with Gasteiger partial charge in [-0.25, -0.2) is 4.98 Å². The van der Waals surface area contributed by atoms with Crippen LogP contribution in [-0.2, 0) is 16.6 Å². The molecule has 1 aromatic heterocycles. The first-order valence-corrected chi connectivity index (χ1v) is 5.92. The predicted molar refractivity (Wildman–Crippen MR) is 70.8 cm³/mol. The minimum atomic E-state index is -1.20. The molecule has 2 rings (SSSR count). The molecule has 0 saturated carbocycles. The highest BCUT2D eigenvalue weighted by Gasteiger charge is 2.37. The van der Waals surface area contributed by atoms with Gasteiger partial charge in [0.1, 0.15) is 5.41 Å². The molecule has 5 heteroatoms. The molecule has 0 N–H and O–H groups in total. The molecule has 0 bridgehead atoms. The highest BCUT2D eigenvalue weighted by atomic mass is 16.5. The van der Waals surface area contributed by atoms with Crippen molar-refractivity contribution < 1.29 is 14.3 Å². The van der Waals surface area contributed by atoms with Gasteiger partial charge in [0.2, 0.25) is 0 Å². The molecular formula is C14H16N2O3. The Hall–Kier alpha value is -2.17. The second-order valence-corrected chi connectivity index (χ2v) is 5.00. The van der Waals surface area contributed by atoms with E-state index in [0.29, 0.717) is 5.56 Å². The van der Waals surface area contributed by atoms with Gasteiger partial charge in [-0.3, -0.25) is 9.59 Å². The number of hydrogen-bond donors (Lipinski definition) is 0. The molecule has 0 aliphatic heterocycles. The highest BCUT2D eigenvalue weighted by molar-refractivity contribution is 6.12. The smallest absolute Gasteiger partial charge is 0.319 e. The minimum absolute atomic E-state index is 0.271. The van der Waals surface area contributed by atoms with Gasteiger partial charge in [-0.1, -0.05) is 0 Å². The number of methoxy groups -OCH3 is 1. The van der Waals surface area contributed by atoms with Gasteiger partial charge in [0.15, 0.2) is 5.78 Å². The number of imidazole rings is 1. The molecule has 2 aromatic rings. The zero-order chi connectivity index (χ0) is 14.2. The van der Waals surface area contributed by atoms with Gasteiger partial charge in [0.25, 0.3) is 0 Å². The van der Waals surface area contributed by atoms with Crippen LogP contribution in [0.3, 0.4) is 0 Å². The molecule has 0 radical (unpaired) electrons. The van der Waals surface area contributed by atoms with Crippen LogP contribution in [0.1, 0.15) is 24.2 Å². The van der Waals surface area contributed by atoms with E-state index in [1.165, 1.54) is 7.11 Å². The monoisotopic (exact) mass is 260 g/mol. The van der Waals surface area contributed by atoms with Gasteiger partial charge in [0.05, 0.1) is 24.5 Å². The second kappa shape index (κ2) is 4.50. The lowest BCUT2D eigenvalue weighted by atomic mass is 9.84. The Morgan fingerprint density at radius 3 is 2.63 bits per heavy atom. The van der Waals surface area contributed by atoms with Crippen LogP contribution in [0.15, 0.2) is 24.5 Å². The van der Waals surface area contributed by atoms with E-state index in [9.17, 15) is 9.59 Å². The van der Waals surface area contributed by atoms with E-state index in [-0.39, 0.29) is 5.78 Å². The number of hydrogen-bond acceptors (Lipinski definition) is 4. The average molecular weight is 260 g/mol. The molecule has 5 nitrogen and oxygen atoms in total. The molecule has 19 heavy (non-hydrogen) atoms. The molecule has 0 atom stereocenters. The summed E-state index contributed by atoms with van der Waals surface area (Å²) in [6, 6.07) is 5.22. The summed E-state index contributed by atoms with van der Waals surface area (Å²) in [4.78, 5) is 28.2. The summed E-state index contributed by atoms with van der Waals surface area (Å²) in [7, 11) is 3.16. The van der Waals surface area contributed by atoms with Crippen LogP contribution in [0.5, 0.6) is 0 Å². The molecule has 0 spiro atoms. The predicted octanol–water partition coefficient (Wildman–Crippen LogP) is 1.96. The number of aromatic nitrogens is 2. The largest absolute Gasteiger partial charge is 0.468 e. The Kier molecular flexibility index (Phi) is 3.14. The van der Waals surface area contributed by atoms with E-state index in [0.717, 1.165) is 11.0 Å². The third kappa shape index (κ3) is 2.12. The quantitative estimate of drug-likeness (QED) is 0.481. The van der Waals surface area contributed by atoms with Crippen molar-refractivity contribution in [1.29, 1.82) is 0 Å². The molecule has 0 aliphatic rings. The van der Waals surface area contributed by atoms with Gasteiger partial charge in [0, 0.05) is 12.6 Å². The fourth-order valence-corrected chi connectivity index (χ4v) is 1.99. The number of benzene rings is 1. The molecule has 0 aliphatic carbocycles. The number of Topliss-reactive ketones (excluding diaryl/α,β-unsaturated/α-hetero) is 1. The number of ether oxygens (including phenoxy) is 1. The van der Waals surface area contributed by atoms with Gasteiger partial charge in [-0.05, 0) is 32.0 Å². The number of aryl methyl sites for hydroxylation is 1. The molecule has 0 fully saturated rings. The summed E-state index contributed by atoms with van der Waals surface area (Å²) in [5.41, 5.74) is 0.931. The number of fused-ring (bicyclic) bond motifs is 1. The normalized spacial score (nSPS) is 11.6. The Balaban J connectivity index is 2.44. The maximum absolute atomic E-state index is 12.4. The molecule has 100 valence electrons. The van der Waals surface area contributed by atoms with Gasteiger partial charge in [-0.15, -0.1) is 0 Å². The van der Waals surface area contributed by atoms with E-state index in [2.05, 4.69) is 9.72 Å². The average Bonchev–Trinajstić information content (AvgIpc) is 2.77. The first kappa shape index (κ1) is 13.3. The van der Waals surface area contributed by atoms with Gasteiger partial charge >= 0.3 is 5.97 Å². The van der Waals surface area contributed by atoms with Crippen molar-refractivity contribution >= 4 is 22.8 Å². The number of ketones is 1. The van der Waals surface area contributed by atoms with E-state index in [1.807, 2.05) is 17.7 Å². The number of esters is 1. The summed E-state index contributed by atoms with van der Waals surface area (Å²) < 4.78 is 6.54. The molecule has 0 amide bonds. The fourth-order valence-electron chi connectivity index (χ4n) is 1.99. The van der Waals surface area contributed by atoms with Crippen molar-refractivity contribution in [2.45, 2.75) is 13.8 Å². The van der Waals surface area contributed by atoms with Crippen molar-refractivity contribution in [1.82, 2.24) is 9.55 Å². The SMILES string of the molecule is COC(=O)C(C)(C)C(=O)c1ccc2c(c1)ncn2C. The molecular weight excluding hydrogens is 244 g/mol. The molecule has 0 unspecified atom stereocenters. The lowest BCUT2D eigenvalue weighted by Crippen LogP contribution is -2.34. The maximum atomic E-state index is 12.4. The summed E-state index contributed by atoms with van der Waals surface area (Å²) in [6.07, 6.45) is 1.68. The number of nitrogens with zero attached hydrogens (tertiary/aromatic N) is 2. The summed E-state index contributed by atoms with van der Waals surface area (Å²) in [5, 5.41) is 0. The van der Waals surface area contributed by atoms with Crippen LogP contribution in [0.2, 0.25) is 0 Å². The number of carbonyl (C=O) groups is 2. The van der Waals surface area contributed by atoms with Gasteiger partial charge < -0.3 is 9.30 Å². The van der Waals surface area contributed by atoms with Crippen molar-refractivity contribution in [3.8, 4) is 0 Å². The van der Waals surface area contributed by atoms with Gasteiger partial charge in [-0.2, -0.15) is 0 Å². The summed E-state index contributed by atoms with van der Waals surface area (Å²) >= 11 is 0. The summed E-state index contributed by atoms with van der Waals surface area (Å²) in [5.74, 6) is -0.814. The first-order valence-electron chi connectivity index (χ1n) is 5.92. The Morgan fingerprint density at radius 2 is 2.00 bits per heavy atom. The molecule has 1 heterocycles. The Bertz CT molecular complexity index is 656. The van der Waals surface area contributed by atoms with Crippen LogP contribution in [-0.4, -0.2) is 28.4 Å². The topological polar surface area (TPSA) is 61.2 Å². The van der Waals surface area contributed by atoms with E-state index in [1.54, 1.807) is 32.3 Å². The van der Waals surface area contributed by atoms with Crippen LogP contribution in [0, 0.1) is 5.41 Å². The second-order valence-electron chi connectivity index (χ2n) is 5.00. The molecule has 1 aromatic carbocycles. The third-order valence-corrected chi connectivity index (χ3v) is 3.25. The third-order valence-electron chi connectivity index (χ3n) is 3.25. The zero-order valence-corrected chi connectivity index (χ0v) is 11.4. The van der Waals surface area contributed by atoms with E-state index >= 15 is 0 Å². The standard InChI is InChI=1S/C14H16N2O3/c1-14(2,13(18)19-4)12(17)9-5-6-11-10(7-9)15-8-16(11)3/h5-8H,1-4H3. The van der Waals surface area contributed by atoms with Crippen LogP contribution >= 0.6 is 0 Å². The van der Waals surface area contributed by atoms with E-state index in [4.69, 9.17) is 0 Å². The minimum Gasteiger partial charge on any atom is -0.468 e. The van der Waals surface area contributed by atoms with Crippen LogP contribution < -0.4 is 0 Å². The zero-order valence-electron chi connectivity index (χ0n) is 11.4. The maximum Gasteiger partial charge on any atom is 0.319 e. The molecule has 0 saturated heterocycles. The Labute approximate surface area is 111 Å². The number of rotatable bonds is 3. The van der Waals surface area contributed by atoms with E-state index < -0.39 is 11.4 Å². The fraction of sp³-hybridized carbons (Fsp3) is 0.357. The van der Waals surface area contributed by atoms with Crippen molar-refractivity contribution in [2.75, 3.05) is 7.11 Å². The number of carbonyl (C=O) groups excluding carboxylic acids is 2. The Morgan fingerprint density at radius 1 is 1.32 bits per heavy atom. The van der Waals surface area contributed by atoms with Crippen molar-refractivity contribution in [3.63, 3.8) is 0 Å². The highest BCUT2D eigenvalue weighted by Crippen LogP contribution is 2.25. The summed E-state index contributed by atoms with van der Waals surface area (Å²) in [6.45, 7) is 3.12. The van der Waals surface area contributed by atoms with Crippen LogP contribution in [0.4, 0.5) is 0 Å². The first-order chi connectivity index (χ1) is 8.87. The van der Waals surface area contributed by atoms with Crippen molar-refractivity contribution in [2.24, 2.45) is 12.5 Å². The lowest BCUT2D eigenvalue weighted by molar-refractivity contribution is -0.147.